The predicted octanol–water partition coefficient (Wildman–Crippen LogP) is 5.71. The molecule has 5 heteroatoms. The van der Waals surface area contributed by atoms with Crippen LogP contribution in [0.15, 0.2) is 24.3 Å². The summed E-state index contributed by atoms with van der Waals surface area (Å²) >= 11 is 0. The predicted molar refractivity (Wildman–Crippen MR) is 130 cm³/mol. The highest BCUT2D eigenvalue weighted by molar-refractivity contribution is 5.97. The minimum absolute atomic E-state index is 0.0418. The second kappa shape index (κ2) is 15.0. The fourth-order valence-electron chi connectivity index (χ4n) is 4.10. The van der Waals surface area contributed by atoms with Gasteiger partial charge in [-0.2, -0.15) is 0 Å². The first-order chi connectivity index (χ1) is 15.1. The van der Waals surface area contributed by atoms with Gasteiger partial charge >= 0.3 is 0 Å². The van der Waals surface area contributed by atoms with Crippen molar-refractivity contribution in [3.63, 3.8) is 0 Å². The number of rotatable bonds is 14. The molecule has 0 saturated carbocycles. The van der Waals surface area contributed by atoms with Gasteiger partial charge in [0.1, 0.15) is 0 Å². The van der Waals surface area contributed by atoms with E-state index in [0.29, 0.717) is 17.7 Å². The molecule has 1 saturated heterocycles. The fourth-order valence-corrected chi connectivity index (χ4v) is 4.10. The standard InChI is InChI=1S/C26H43N3O2/c1-3-4-5-6-7-8-9-10-11-12-13-17-25(30)27-24-16-14-15-23(22-24)26(31)29-20-18-28(2)19-21-29/h14-16,22H,3-13,17-21H2,1-2H3,(H,27,30). The van der Waals surface area contributed by atoms with E-state index in [9.17, 15) is 9.59 Å². The Bertz CT molecular complexity index is 654. The van der Waals surface area contributed by atoms with Crippen molar-refractivity contribution in [2.45, 2.75) is 84.0 Å². The summed E-state index contributed by atoms with van der Waals surface area (Å²) in [5, 5.41) is 2.96. The van der Waals surface area contributed by atoms with Crippen LogP contribution in [0.5, 0.6) is 0 Å². The first-order valence-corrected chi connectivity index (χ1v) is 12.5. The quantitative estimate of drug-likeness (QED) is 0.385. The summed E-state index contributed by atoms with van der Waals surface area (Å²) in [5.74, 6) is 0.0923. The van der Waals surface area contributed by atoms with Gasteiger partial charge in [-0.05, 0) is 31.7 Å². The molecular formula is C26H43N3O2. The molecule has 31 heavy (non-hydrogen) atoms. The lowest BCUT2D eigenvalue weighted by molar-refractivity contribution is -0.116. The fraction of sp³-hybridized carbons (Fsp3) is 0.692. The van der Waals surface area contributed by atoms with Gasteiger partial charge in [-0.25, -0.2) is 0 Å². The molecule has 1 fully saturated rings. The Labute approximate surface area is 189 Å². The van der Waals surface area contributed by atoms with Gasteiger partial charge in [0.15, 0.2) is 0 Å². The Balaban J connectivity index is 1.59. The number of piperazine rings is 1. The Kier molecular flexibility index (Phi) is 12.3. The molecule has 2 amide bonds. The van der Waals surface area contributed by atoms with Gasteiger partial charge in [-0.1, -0.05) is 77.2 Å². The molecule has 0 bridgehead atoms. The molecule has 1 heterocycles. The molecule has 1 N–H and O–H groups in total. The van der Waals surface area contributed by atoms with E-state index < -0.39 is 0 Å². The third-order valence-corrected chi connectivity index (χ3v) is 6.19. The second-order valence-electron chi connectivity index (χ2n) is 9.01. The van der Waals surface area contributed by atoms with Crippen molar-refractivity contribution in [3.8, 4) is 0 Å². The third-order valence-electron chi connectivity index (χ3n) is 6.19. The zero-order chi connectivity index (χ0) is 22.3. The molecule has 1 aromatic carbocycles. The van der Waals surface area contributed by atoms with Crippen LogP contribution in [-0.2, 0) is 4.79 Å². The number of unbranched alkanes of at least 4 members (excludes halogenated alkanes) is 10. The number of carbonyl (C=O) groups excluding carboxylic acids is 2. The topological polar surface area (TPSA) is 52.7 Å². The Morgan fingerprint density at radius 3 is 2.03 bits per heavy atom. The molecule has 174 valence electrons. The van der Waals surface area contributed by atoms with Crippen molar-refractivity contribution >= 4 is 17.5 Å². The lowest BCUT2D eigenvalue weighted by Gasteiger charge is -2.32. The summed E-state index contributed by atoms with van der Waals surface area (Å²) in [5.41, 5.74) is 1.37. The van der Waals surface area contributed by atoms with Gasteiger partial charge in [0.25, 0.3) is 5.91 Å². The lowest BCUT2D eigenvalue weighted by atomic mass is 10.1. The average Bonchev–Trinajstić information content (AvgIpc) is 2.77. The number of likely N-dealkylation sites (N-methyl/N-ethyl adjacent to an activating group) is 1. The second-order valence-corrected chi connectivity index (χ2v) is 9.01. The van der Waals surface area contributed by atoms with Crippen LogP contribution >= 0.6 is 0 Å². The lowest BCUT2D eigenvalue weighted by Crippen LogP contribution is -2.47. The van der Waals surface area contributed by atoms with Crippen LogP contribution in [0.4, 0.5) is 5.69 Å². The van der Waals surface area contributed by atoms with Crippen LogP contribution in [0.3, 0.4) is 0 Å². The highest BCUT2D eigenvalue weighted by Crippen LogP contribution is 2.16. The molecule has 1 aliphatic heterocycles. The number of amides is 2. The van der Waals surface area contributed by atoms with E-state index >= 15 is 0 Å². The number of hydrogen-bond donors (Lipinski definition) is 1. The van der Waals surface area contributed by atoms with Crippen LogP contribution in [0.25, 0.3) is 0 Å². The van der Waals surface area contributed by atoms with Crippen LogP contribution in [0.2, 0.25) is 0 Å². The van der Waals surface area contributed by atoms with Crippen molar-refractivity contribution in [1.29, 1.82) is 0 Å². The third kappa shape index (κ3) is 10.3. The van der Waals surface area contributed by atoms with Gasteiger partial charge in [-0.15, -0.1) is 0 Å². The van der Waals surface area contributed by atoms with Crippen molar-refractivity contribution in [1.82, 2.24) is 9.80 Å². The van der Waals surface area contributed by atoms with Gasteiger partial charge in [0, 0.05) is 43.9 Å². The van der Waals surface area contributed by atoms with E-state index in [-0.39, 0.29) is 11.8 Å². The van der Waals surface area contributed by atoms with Crippen LogP contribution in [0, 0.1) is 0 Å². The first-order valence-electron chi connectivity index (χ1n) is 12.5. The largest absolute Gasteiger partial charge is 0.336 e. The molecule has 1 aromatic rings. The maximum absolute atomic E-state index is 12.7. The van der Waals surface area contributed by atoms with Crippen LogP contribution in [-0.4, -0.2) is 54.8 Å². The zero-order valence-corrected chi connectivity index (χ0v) is 19.8. The molecule has 0 aliphatic carbocycles. The smallest absolute Gasteiger partial charge is 0.254 e. The normalized spacial score (nSPS) is 14.6. The van der Waals surface area contributed by atoms with Crippen molar-refractivity contribution in [3.05, 3.63) is 29.8 Å². The van der Waals surface area contributed by atoms with Crippen molar-refractivity contribution in [2.24, 2.45) is 0 Å². The van der Waals surface area contributed by atoms with Crippen molar-refractivity contribution in [2.75, 3.05) is 38.5 Å². The minimum Gasteiger partial charge on any atom is -0.336 e. The van der Waals surface area contributed by atoms with Crippen LogP contribution in [0.1, 0.15) is 94.3 Å². The number of anilines is 1. The Morgan fingerprint density at radius 1 is 0.839 bits per heavy atom. The van der Waals surface area contributed by atoms with Crippen molar-refractivity contribution < 1.29 is 9.59 Å². The number of nitrogens with zero attached hydrogens (tertiary/aromatic N) is 2. The Hall–Kier alpha value is -1.88. The molecule has 0 radical (unpaired) electrons. The summed E-state index contributed by atoms with van der Waals surface area (Å²) < 4.78 is 0. The van der Waals surface area contributed by atoms with E-state index in [4.69, 9.17) is 0 Å². The molecular weight excluding hydrogens is 386 g/mol. The summed E-state index contributed by atoms with van der Waals surface area (Å²) in [7, 11) is 2.08. The summed E-state index contributed by atoms with van der Waals surface area (Å²) in [6.07, 6.45) is 14.6. The summed E-state index contributed by atoms with van der Waals surface area (Å²) in [6, 6.07) is 7.35. The highest BCUT2D eigenvalue weighted by Gasteiger charge is 2.20. The number of benzene rings is 1. The molecule has 0 spiro atoms. The van der Waals surface area contributed by atoms with Gasteiger partial charge in [0.2, 0.25) is 5.91 Å². The van der Waals surface area contributed by atoms with E-state index in [1.165, 1.54) is 57.8 Å². The van der Waals surface area contributed by atoms with Crippen LogP contribution < -0.4 is 5.32 Å². The average molecular weight is 430 g/mol. The Morgan fingerprint density at radius 2 is 1.42 bits per heavy atom. The van der Waals surface area contributed by atoms with Gasteiger partial charge < -0.3 is 15.1 Å². The molecule has 0 atom stereocenters. The van der Waals surface area contributed by atoms with Gasteiger partial charge in [0.05, 0.1) is 0 Å². The monoisotopic (exact) mass is 429 g/mol. The molecule has 5 nitrogen and oxygen atoms in total. The summed E-state index contributed by atoms with van der Waals surface area (Å²) in [6.45, 7) is 5.58. The molecule has 0 aromatic heterocycles. The van der Waals surface area contributed by atoms with E-state index in [2.05, 4.69) is 24.2 Å². The van der Waals surface area contributed by atoms with E-state index in [1.807, 2.05) is 23.1 Å². The molecule has 2 rings (SSSR count). The zero-order valence-electron chi connectivity index (χ0n) is 19.8. The SMILES string of the molecule is CCCCCCCCCCCCCC(=O)Nc1cccc(C(=O)N2CCN(C)CC2)c1. The van der Waals surface area contributed by atoms with E-state index in [1.54, 1.807) is 6.07 Å². The highest BCUT2D eigenvalue weighted by atomic mass is 16.2. The molecule has 0 unspecified atom stereocenters. The minimum atomic E-state index is 0.0418. The first kappa shape index (κ1) is 25.4. The number of hydrogen-bond acceptors (Lipinski definition) is 3. The number of nitrogens with one attached hydrogen (secondary N) is 1. The maximum atomic E-state index is 12.7. The van der Waals surface area contributed by atoms with Gasteiger partial charge in [-0.3, -0.25) is 9.59 Å². The number of carbonyl (C=O) groups is 2. The maximum Gasteiger partial charge on any atom is 0.254 e. The molecule has 1 aliphatic rings. The van der Waals surface area contributed by atoms with E-state index in [0.717, 1.165) is 39.0 Å². The summed E-state index contributed by atoms with van der Waals surface area (Å²) in [4.78, 5) is 29.1.